The minimum absolute atomic E-state index is 1.65. The summed E-state index contributed by atoms with van der Waals surface area (Å²) >= 11 is 0. The number of benzene rings is 1. The zero-order valence-corrected chi connectivity index (χ0v) is 7.26. The zero-order chi connectivity index (χ0) is 12.6. The number of primary amides is 1. The molecule has 0 unspecified atom stereocenters. The molecule has 0 aromatic heterocycles. The van der Waals surface area contributed by atoms with Crippen LogP contribution in [0.25, 0.3) is 0 Å². The van der Waals surface area contributed by atoms with Crippen LogP contribution in [0.2, 0.25) is 0 Å². The Morgan fingerprint density at radius 3 is 1.69 bits per heavy atom. The number of hydrogen-bond donors (Lipinski definition) is 1. The molecule has 86 valence electrons. The summed E-state index contributed by atoms with van der Waals surface area (Å²) in [6, 6.07) is 0. The molecule has 0 bridgehead atoms. The molecule has 0 saturated carbocycles. The van der Waals surface area contributed by atoms with Crippen molar-refractivity contribution >= 4 is 11.6 Å². The highest BCUT2D eigenvalue weighted by atomic mass is 19.2. The van der Waals surface area contributed by atoms with Gasteiger partial charge in [0, 0.05) is 0 Å². The van der Waals surface area contributed by atoms with Crippen molar-refractivity contribution in [3.63, 3.8) is 0 Å². The van der Waals surface area contributed by atoms with Crippen molar-refractivity contribution < 1.29 is 27.3 Å². The number of rotatable bonds is 2. The second-order valence-electron chi connectivity index (χ2n) is 2.60. The molecule has 1 aromatic carbocycles. The average molecular weight is 238 g/mol. The first-order chi connectivity index (χ1) is 7.29. The molecule has 0 heterocycles. The maximum Gasteiger partial charge on any atom is 0.346 e. The van der Waals surface area contributed by atoms with Crippen LogP contribution in [0, 0.1) is 33.4 Å². The fourth-order valence-corrected chi connectivity index (χ4v) is 0.997. The van der Waals surface area contributed by atoms with E-state index in [2.05, 4.69) is 5.73 Å². The molecule has 5 nitrogen and oxygen atoms in total. The van der Waals surface area contributed by atoms with E-state index in [1.807, 2.05) is 0 Å². The Balaban J connectivity index is 3.77. The van der Waals surface area contributed by atoms with Crippen LogP contribution in [0.1, 0.15) is 10.4 Å². The number of nitrogens with two attached hydrogens (primary N) is 1. The van der Waals surface area contributed by atoms with Crippen molar-refractivity contribution in [3.8, 4) is 0 Å². The van der Waals surface area contributed by atoms with E-state index in [1.165, 1.54) is 0 Å². The van der Waals surface area contributed by atoms with Gasteiger partial charge in [0.25, 0.3) is 5.91 Å². The lowest BCUT2D eigenvalue weighted by atomic mass is 10.1. The Morgan fingerprint density at radius 1 is 1.06 bits per heavy atom. The number of halogens is 4. The maximum absolute atomic E-state index is 12.9. The van der Waals surface area contributed by atoms with Crippen LogP contribution in [0.5, 0.6) is 0 Å². The lowest BCUT2D eigenvalue weighted by Crippen LogP contribution is -2.19. The van der Waals surface area contributed by atoms with Gasteiger partial charge in [0.2, 0.25) is 11.6 Å². The molecule has 0 aliphatic heterocycles. The van der Waals surface area contributed by atoms with Crippen molar-refractivity contribution in [1.29, 1.82) is 0 Å². The molecular weight excluding hydrogens is 236 g/mol. The summed E-state index contributed by atoms with van der Waals surface area (Å²) in [5.74, 6) is -10.7. The Morgan fingerprint density at radius 2 is 1.44 bits per heavy atom. The standard InChI is InChI=1S/C7H2F4N2O3/c8-2-1(7(12)14)3(9)5(11)6(4(2)10)13(15)16/h(H2,12,14). The second kappa shape index (κ2) is 3.76. The van der Waals surface area contributed by atoms with E-state index in [1.54, 1.807) is 0 Å². The summed E-state index contributed by atoms with van der Waals surface area (Å²) in [7, 11) is 0. The minimum Gasteiger partial charge on any atom is -0.365 e. The summed E-state index contributed by atoms with van der Waals surface area (Å²) in [6.07, 6.45) is 0. The van der Waals surface area contributed by atoms with Gasteiger partial charge in [-0.2, -0.15) is 8.78 Å². The van der Waals surface area contributed by atoms with Crippen LogP contribution >= 0.6 is 0 Å². The topological polar surface area (TPSA) is 86.2 Å². The predicted octanol–water partition coefficient (Wildman–Crippen LogP) is 1.25. The first-order valence-electron chi connectivity index (χ1n) is 3.59. The van der Waals surface area contributed by atoms with Crippen LogP contribution in [0.4, 0.5) is 23.2 Å². The normalized spacial score (nSPS) is 10.2. The Bertz CT molecular complexity index is 429. The lowest BCUT2D eigenvalue weighted by molar-refractivity contribution is -0.390. The van der Waals surface area contributed by atoms with Gasteiger partial charge < -0.3 is 5.73 Å². The first kappa shape index (κ1) is 11.9. The Kier molecular flexibility index (Phi) is 2.79. The SMILES string of the molecule is NC(=O)c1c(F)c(F)c([N+](=O)[O-])c(F)c1F. The number of carbonyl (C=O) groups excluding carboxylic acids is 1. The lowest BCUT2D eigenvalue weighted by Gasteiger charge is -2.03. The second-order valence-corrected chi connectivity index (χ2v) is 2.60. The van der Waals surface area contributed by atoms with Crippen LogP contribution in [0.3, 0.4) is 0 Å². The highest BCUT2D eigenvalue weighted by Crippen LogP contribution is 2.29. The van der Waals surface area contributed by atoms with Gasteiger partial charge >= 0.3 is 5.69 Å². The molecule has 1 rings (SSSR count). The number of nitro groups is 1. The van der Waals surface area contributed by atoms with Gasteiger partial charge in [-0.3, -0.25) is 14.9 Å². The van der Waals surface area contributed by atoms with E-state index in [9.17, 15) is 32.5 Å². The van der Waals surface area contributed by atoms with Crippen molar-refractivity contribution in [2.45, 2.75) is 0 Å². The van der Waals surface area contributed by atoms with E-state index in [0.29, 0.717) is 0 Å². The third-order valence-corrected chi connectivity index (χ3v) is 1.67. The average Bonchev–Trinajstić information content (AvgIpc) is 2.14. The van der Waals surface area contributed by atoms with Gasteiger partial charge in [0.15, 0.2) is 11.6 Å². The molecule has 2 N–H and O–H groups in total. The maximum atomic E-state index is 12.9. The smallest absolute Gasteiger partial charge is 0.346 e. The highest BCUT2D eigenvalue weighted by molar-refractivity contribution is 5.93. The summed E-state index contributed by atoms with van der Waals surface area (Å²) in [4.78, 5) is 18.9. The van der Waals surface area contributed by atoms with Gasteiger partial charge in [-0.1, -0.05) is 0 Å². The monoisotopic (exact) mass is 238 g/mol. The molecule has 1 aromatic rings. The third kappa shape index (κ3) is 1.55. The molecule has 0 atom stereocenters. The molecular formula is C7H2F4N2O3. The Labute approximate surface area is 84.6 Å². The van der Waals surface area contributed by atoms with Crippen molar-refractivity contribution in [1.82, 2.24) is 0 Å². The molecule has 0 aliphatic rings. The van der Waals surface area contributed by atoms with E-state index in [-0.39, 0.29) is 0 Å². The van der Waals surface area contributed by atoms with Gasteiger partial charge in [-0.15, -0.1) is 0 Å². The molecule has 0 radical (unpaired) electrons. The summed E-state index contributed by atoms with van der Waals surface area (Å²) in [5, 5.41) is 10.1. The Hall–Kier alpha value is -2.19. The van der Waals surface area contributed by atoms with Crippen molar-refractivity contribution in [2.75, 3.05) is 0 Å². The largest absolute Gasteiger partial charge is 0.365 e. The summed E-state index contributed by atoms with van der Waals surface area (Å²) in [6.45, 7) is 0. The van der Waals surface area contributed by atoms with Crippen molar-refractivity contribution in [2.24, 2.45) is 5.73 Å². The van der Waals surface area contributed by atoms with Crippen LogP contribution in [-0.4, -0.2) is 10.8 Å². The fraction of sp³-hybridized carbons (Fsp3) is 0. The molecule has 0 aliphatic carbocycles. The quantitative estimate of drug-likeness (QED) is 0.364. The van der Waals surface area contributed by atoms with Crippen LogP contribution in [0.15, 0.2) is 0 Å². The van der Waals surface area contributed by atoms with Gasteiger partial charge in [0.1, 0.15) is 5.56 Å². The molecule has 9 heteroatoms. The number of hydrogen-bond acceptors (Lipinski definition) is 3. The van der Waals surface area contributed by atoms with Crippen molar-refractivity contribution in [3.05, 3.63) is 38.9 Å². The molecule has 0 spiro atoms. The van der Waals surface area contributed by atoms with Gasteiger partial charge in [0.05, 0.1) is 4.92 Å². The molecule has 16 heavy (non-hydrogen) atoms. The van der Waals surface area contributed by atoms with Gasteiger partial charge in [-0.25, -0.2) is 8.78 Å². The number of nitro benzene ring substituents is 1. The fourth-order valence-electron chi connectivity index (χ4n) is 0.997. The van der Waals surface area contributed by atoms with Crippen LogP contribution < -0.4 is 5.73 Å². The number of amides is 1. The van der Waals surface area contributed by atoms with E-state index < -0.39 is 45.4 Å². The summed E-state index contributed by atoms with van der Waals surface area (Å²) in [5.41, 5.74) is 0.749. The van der Waals surface area contributed by atoms with E-state index in [0.717, 1.165) is 0 Å². The minimum atomic E-state index is -2.28. The van der Waals surface area contributed by atoms with E-state index >= 15 is 0 Å². The number of carbonyl (C=O) groups is 1. The van der Waals surface area contributed by atoms with Gasteiger partial charge in [-0.05, 0) is 0 Å². The predicted molar refractivity (Wildman–Crippen MR) is 41.4 cm³/mol. The number of nitrogens with zero attached hydrogens (tertiary/aromatic N) is 1. The third-order valence-electron chi connectivity index (χ3n) is 1.67. The molecule has 0 saturated heterocycles. The van der Waals surface area contributed by atoms with E-state index in [4.69, 9.17) is 0 Å². The first-order valence-corrected chi connectivity index (χ1v) is 3.59. The molecule has 0 fully saturated rings. The summed E-state index contributed by atoms with van der Waals surface area (Å²) < 4.78 is 51.6. The van der Waals surface area contributed by atoms with Crippen LogP contribution in [-0.2, 0) is 0 Å². The zero-order valence-electron chi connectivity index (χ0n) is 7.26. The molecule has 1 amide bonds. The highest BCUT2D eigenvalue weighted by Gasteiger charge is 2.34.